The summed E-state index contributed by atoms with van der Waals surface area (Å²) in [5.41, 5.74) is 0.946. The maximum absolute atomic E-state index is 12.7. The van der Waals surface area contributed by atoms with Crippen molar-refractivity contribution in [3.63, 3.8) is 0 Å². The predicted octanol–water partition coefficient (Wildman–Crippen LogP) is 2.99. The number of alkyl halides is 1. The van der Waals surface area contributed by atoms with Gasteiger partial charge in [-0.25, -0.2) is 8.42 Å². The van der Waals surface area contributed by atoms with E-state index in [0.29, 0.717) is 22.7 Å². The van der Waals surface area contributed by atoms with Gasteiger partial charge in [-0.15, -0.1) is 11.3 Å². The zero-order valence-corrected chi connectivity index (χ0v) is 15.4. The fraction of sp³-hybridized carbons (Fsp3) is 0.636. The molecule has 108 valence electrons. The van der Waals surface area contributed by atoms with E-state index in [1.165, 1.54) is 11.3 Å². The number of thiophene rings is 1. The minimum atomic E-state index is -3.43. The highest BCUT2D eigenvalue weighted by Crippen LogP contribution is 2.33. The summed E-state index contributed by atoms with van der Waals surface area (Å²) in [5.74, 6) is 0. The van der Waals surface area contributed by atoms with Crippen LogP contribution in [0.25, 0.3) is 0 Å². The van der Waals surface area contributed by atoms with Gasteiger partial charge in [0.2, 0.25) is 0 Å². The van der Waals surface area contributed by atoms with Gasteiger partial charge in [0.25, 0.3) is 10.0 Å². The Morgan fingerprint density at radius 2 is 2.26 bits per heavy atom. The molecule has 8 heteroatoms. The lowest BCUT2D eigenvalue weighted by molar-refractivity contribution is -0.0138. The molecule has 19 heavy (non-hydrogen) atoms. The van der Waals surface area contributed by atoms with E-state index in [1.807, 2.05) is 13.8 Å². The Labute approximate surface area is 134 Å². The third-order valence-electron chi connectivity index (χ3n) is 3.02. The molecule has 2 heterocycles. The molecule has 1 aromatic heterocycles. The minimum Gasteiger partial charge on any atom is -0.374 e. The Balaban J connectivity index is 2.32. The molecule has 1 aromatic rings. The molecular formula is C11H15Br2NO3S2. The summed E-state index contributed by atoms with van der Waals surface area (Å²) >= 11 is 7.98. The summed E-state index contributed by atoms with van der Waals surface area (Å²) in [5, 5.41) is 0.638. The first kappa shape index (κ1) is 15.9. The van der Waals surface area contributed by atoms with E-state index in [9.17, 15) is 8.42 Å². The van der Waals surface area contributed by atoms with Crippen LogP contribution in [0.15, 0.2) is 14.1 Å². The van der Waals surface area contributed by atoms with Crippen molar-refractivity contribution in [2.24, 2.45) is 0 Å². The summed E-state index contributed by atoms with van der Waals surface area (Å²) in [7, 11) is -3.43. The smallest absolute Gasteiger partial charge is 0.253 e. The number of ether oxygens (including phenoxy) is 1. The quantitative estimate of drug-likeness (QED) is 0.689. The van der Waals surface area contributed by atoms with Crippen LogP contribution in [0.4, 0.5) is 0 Å². The van der Waals surface area contributed by atoms with E-state index in [4.69, 9.17) is 4.74 Å². The number of hydrogen-bond acceptors (Lipinski definition) is 4. The van der Waals surface area contributed by atoms with Crippen LogP contribution in [0.1, 0.15) is 12.5 Å². The number of rotatable bonds is 3. The Morgan fingerprint density at radius 3 is 2.79 bits per heavy atom. The lowest BCUT2D eigenvalue weighted by Crippen LogP contribution is -2.51. The molecule has 0 aliphatic carbocycles. The van der Waals surface area contributed by atoms with E-state index in [-0.39, 0.29) is 12.1 Å². The number of hydrogen-bond donors (Lipinski definition) is 0. The van der Waals surface area contributed by atoms with Crippen LogP contribution < -0.4 is 0 Å². The van der Waals surface area contributed by atoms with Gasteiger partial charge in [-0.1, -0.05) is 15.9 Å². The van der Waals surface area contributed by atoms with Crippen LogP contribution in [-0.2, 0) is 14.8 Å². The van der Waals surface area contributed by atoms with Crippen LogP contribution in [-0.4, -0.2) is 43.4 Å². The van der Waals surface area contributed by atoms with Crippen molar-refractivity contribution in [1.82, 2.24) is 4.31 Å². The molecule has 1 saturated heterocycles. The van der Waals surface area contributed by atoms with Gasteiger partial charge in [-0.05, 0) is 41.4 Å². The fourth-order valence-corrected chi connectivity index (χ4v) is 6.29. The minimum absolute atomic E-state index is 0.0875. The van der Waals surface area contributed by atoms with Gasteiger partial charge in [0.05, 0.1) is 16.5 Å². The normalized spacial score (nSPS) is 25.7. The van der Waals surface area contributed by atoms with E-state index in [1.54, 1.807) is 10.4 Å². The molecule has 4 nitrogen and oxygen atoms in total. The van der Waals surface area contributed by atoms with E-state index < -0.39 is 10.0 Å². The van der Waals surface area contributed by atoms with Crippen molar-refractivity contribution in [3.8, 4) is 0 Å². The second-order valence-electron chi connectivity index (χ2n) is 4.56. The number of halogens is 2. The highest BCUT2D eigenvalue weighted by molar-refractivity contribution is 9.11. The molecule has 0 N–H and O–H groups in total. The van der Waals surface area contributed by atoms with Crippen LogP contribution >= 0.6 is 43.2 Å². The molecular weight excluding hydrogens is 418 g/mol. The predicted molar refractivity (Wildman–Crippen MR) is 83.6 cm³/mol. The van der Waals surface area contributed by atoms with Crippen molar-refractivity contribution in [3.05, 3.63) is 15.4 Å². The summed E-state index contributed by atoms with van der Waals surface area (Å²) in [6, 6.07) is 1.58. The first-order valence-corrected chi connectivity index (χ1v) is 9.98. The first-order valence-electron chi connectivity index (χ1n) is 5.81. The molecule has 0 aromatic carbocycles. The lowest BCUT2D eigenvalue weighted by Gasteiger charge is -2.36. The molecule has 0 radical (unpaired) electrons. The van der Waals surface area contributed by atoms with Gasteiger partial charge in [0, 0.05) is 17.9 Å². The molecule has 2 unspecified atom stereocenters. The van der Waals surface area contributed by atoms with Gasteiger partial charge < -0.3 is 4.74 Å². The number of aryl methyl sites for hydroxylation is 1. The van der Waals surface area contributed by atoms with E-state index >= 15 is 0 Å². The van der Waals surface area contributed by atoms with Crippen LogP contribution in [0.5, 0.6) is 0 Å². The Bertz CT molecular complexity index is 539. The summed E-state index contributed by atoms with van der Waals surface area (Å²) in [4.78, 5) is 0. The second kappa shape index (κ2) is 6.11. The van der Waals surface area contributed by atoms with Crippen molar-refractivity contribution in [1.29, 1.82) is 0 Å². The molecule has 0 saturated carbocycles. The highest BCUT2D eigenvalue weighted by Gasteiger charge is 2.36. The summed E-state index contributed by atoms with van der Waals surface area (Å²) < 4.78 is 33.7. The van der Waals surface area contributed by atoms with Crippen molar-refractivity contribution in [2.75, 3.05) is 18.5 Å². The van der Waals surface area contributed by atoms with Gasteiger partial charge in [0.1, 0.15) is 4.21 Å². The number of morpholine rings is 1. The van der Waals surface area contributed by atoms with E-state index in [0.717, 1.165) is 9.35 Å². The zero-order chi connectivity index (χ0) is 14.2. The lowest BCUT2D eigenvalue weighted by atomic mass is 10.2. The monoisotopic (exact) mass is 431 g/mol. The van der Waals surface area contributed by atoms with Crippen LogP contribution in [0, 0.1) is 6.92 Å². The van der Waals surface area contributed by atoms with Gasteiger partial charge in [-0.3, -0.25) is 0 Å². The van der Waals surface area contributed by atoms with Crippen LogP contribution in [0.3, 0.4) is 0 Å². The van der Waals surface area contributed by atoms with Gasteiger partial charge >= 0.3 is 0 Å². The topological polar surface area (TPSA) is 46.6 Å². The first-order chi connectivity index (χ1) is 8.86. The third kappa shape index (κ3) is 3.24. The molecule has 1 aliphatic rings. The highest BCUT2D eigenvalue weighted by atomic mass is 79.9. The van der Waals surface area contributed by atoms with Crippen molar-refractivity contribution >= 4 is 53.2 Å². The molecule has 1 fully saturated rings. The third-order valence-corrected chi connectivity index (χ3v) is 8.31. The summed E-state index contributed by atoms with van der Waals surface area (Å²) in [6.07, 6.45) is -0.0875. The molecule has 0 bridgehead atoms. The Morgan fingerprint density at radius 1 is 1.58 bits per heavy atom. The Hall–Kier alpha value is 0.530. The Kier molecular flexibility index (Phi) is 5.12. The number of sulfonamides is 1. The van der Waals surface area contributed by atoms with E-state index in [2.05, 4.69) is 31.9 Å². The zero-order valence-electron chi connectivity index (χ0n) is 10.6. The molecule has 0 amide bonds. The molecule has 2 atom stereocenters. The number of nitrogens with zero attached hydrogens (tertiary/aromatic N) is 1. The summed E-state index contributed by atoms with van der Waals surface area (Å²) in [6.45, 7) is 4.59. The maximum Gasteiger partial charge on any atom is 0.253 e. The SMILES string of the molecule is Cc1cc(S(=O)(=O)N2CC(CBr)OCC2C)sc1Br. The average Bonchev–Trinajstić information content (AvgIpc) is 2.71. The standard InChI is InChI=1S/C11H15Br2NO3S2/c1-7-3-10(18-11(7)13)19(15,16)14-5-9(4-12)17-6-8(14)2/h3,8-9H,4-6H2,1-2H3. The van der Waals surface area contributed by atoms with Crippen molar-refractivity contribution < 1.29 is 13.2 Å². The van der Waals surface area contributed by atoms with Gasteiger partial charge in [-0.2, -0.15) is 4.31 Å². The van der Waals surface area contributed by atoms with Gasteiger partial charge in [0.15, 0.2) is 0 Å². The molecule has 2 rings (SSSR count). The maximum atomic E-state index is 12.7. The molecule has 1 aliphatic heterocycles. The largest absolute Gasteiger partial charge is 0.374 e. The molecule has 0 spiro atoms. The average molecular weight is 433 g/mol. The van der Waals surface area contributed by atoms with Crippen molar-refractivity contribution in [2.45, 2.75) is 30.2 Å². The fourth-order valence-electron chi connectivity index (χ4n) is 1.89. The van der Waals surface area contributed by atoms with Crippen LogP contribution in [0.2, 0.25) is 0 Å². The second-order valence-corrected chi connectivity index (χ2v) is 9.69.